The van der Waals surface area contributed by atoms with Gasteiger partial charge in [-0.1, -0.05) is 203 Å². The van der Waals surface area contributed by atoms with E-state index in [1.165, 1.54) is 153 Å². The Bertz CT molecular complexity index is 501. The third kappa shape index (κ3) is 87.7. The van der Waals surface area contributed by atoms with E-state index in [9.17, 15) is 19.8 Å². The summed E-state index contributed by atoms with van der Waals surface area (Å²) < 4.78 is 0. The van der Waals surface area contributed by atoms with Crippen molar-refractivity contribution in [1.29, 1.82) is 0 Å². The van der Waals surface area contributed by atoms with Crippen LogP contribution in [0.2, 0.25) is 0 Å². The van der Waals surface area contributed by atoms with E-state index in [2.05, 4.69) is 41.5 Å². The first-order chi connectivity index (χ1) is 22.7. The van der Waals surface area contributed by atoms with Crippen molar-refractivity contribution in [3.63, 3.8) is 0 Å². The van der Waals surface area contributed by atoms with Gasteiger partial charge in [0.05, 0.1) is 5.97 Å². The van der Waals surface area contributed by atoms with Gasteiger partial charge < -0.3 is 45.1 Å². The van der Waals surface area contributed by atoms with Crippen LogP contribution in [0.4, 0.5) is 0 Å². The first-order valence-electron chi connectivity index (χ1n) is 19.5. The van der Waals surface area contributed by atoms with Gasteiger partial charge in [0.15, 0.2) is 0 Å². The maximum absolute atomic E-state index is 10.5. The van der Waals surface area contributed by atoms with Crippen molar-refractivity contribution in [2.45, 2.75) is 213 Å². The Morgan fingerprint density at radius 1 is 0.540 bits per heavy atom. The zero-order chi connectivity index (χ0) is 36.7. The second kappa shape index (κ2) is 72.2. The minimum absolute atomic E-state index is 0. The topological polar surface area (TPSA) is 80.3 Å². The van der Waals surface area contributed by atoms with Crippen LogP contribution in [0, 0.1) is 13.8 Å². The molecule has 4 nitrogen and oxygen atoms in total. The van der Waals surface area contributed by atoms with Crippen molar-refractivity contribution in [2.75, 3.05) is 17.3 Å². The number of unbranched alkanes of at least 4 members (excludes halogenated alkanes) is 20. The number of rotatable bonds is 29. The summed E-state index contributed by atoms with van der Waals surface area (Å²) in [7, 11) is 0. The Balaban J connectivity index is -0.0000000772. The van der Waals surface area contributed by atoms with Gasteiger partial charge in [0.1, 0.15) is 0 Å². The number of carbonyl (C=O) groups excluding carboxylic acids is 2. The molecular weight excluding hydrogens is 910 g/mol. The Labute approximate surface area is 371 Å². The van der Waals surface area contributed by atoms with E-state index in [1.807, 2.05) is 6.92 Å². The zero-order valence-electron chi connectivity index (χ0n) is 33.6. The molecule has 298 valence electrons. The van der Waals surface area contributed by atoms with Crippen LogP contribution in [0.3, 0.4) is 0 Å². The van der Waals surface area contributed by atoms with Crippen molar-refractivity contribution < 1.29 is 19.8 Å². The van der Waals surface area contributed by atoms with Crippen molar-refractivity contribution in [1.82, 2.24) is 0 Å². The van der Waals surface area contributed by atoms with Crippen LogP contribution in [-0.4, -0.2) is 82.3 Å². The van der Waals surface area contributed by atoms with Crippen LogP contribution in [0.25, 0.3) is 0 Å². The Kier molecular flexibility index (Phi) is 101. The third-order valence-corrected chi connectivity index (χ3v) is 8.92. The Morgan fingerprint density at radius 2 is 0.820 bits per heavy atom. The first kappa shape index (κ1) is 69.8. The molecule has 0 rings (SSSR count). The van der Waals surface area contributed by atoms with Gasteiger partial charge in [-0.3, -0.25) is 0 Å². The summed E-state index contributed by atoms with van der Waals surface area (Å²) in [5.41, 5.74) is 0. The van der Waals surface area contributed by atoms with Gasteiger partial charge >= 0.3 is 47.8 Å². The van der Waals surface area contributed by atoms with Crippen molar-refractivity contribution in [2.24, 2.45) is 0 Å². The summed E-state index contributed by atoms with van der Waals surface area (Å²) in [5, 5.41) is 19.9. The van der Waals surface area contributed by atoms with E-state index in [0.29, 0.717) is 18.6 Å². The molecule has 10 heteroatoms. The molecule has 1 atom stereocenters. The van der Waals surface area contributed by atoms with Gasteiger partial charge in [0.25, 0.3) is 0 Å². The molecule has 0 amide bonds. The molecule has 0 spiro atoms. The van der Waals surface area contributed by atoms with Crippen molar-refractivity contribution in [3.8, 4) is 0 Å². The normalized spacial score (nSPS) is 9.94. The number of carboxylic acids is 2. The number of carboxylic acid groups (broad SMARTS) is 2. The summed E-state index contributed by atoms with van der Waals surface area (Å²) in [6.45, 7) is 17.8. The van der Waals surface area contributed by atoms with Gasteiger partial charge in [-0.2, -0.15) is 36.8 Å². The number of hydrogen-bond acceptors (Lipinski definition) is 7. The van der Waals surface area contributed by atoms with Crippen LogP contribution in [0.5, 0.6) is 0 Å². The monoisotopic (exact) mass is 994 g/mol. The molecule has 0 N–H and O–H groups in total. The van der Waals surface area contributed by atoms with E-state index < -0.39 is 17.2 Å². The maximum atomic E-state index is 10.5. The van der Waals surface area contributed by atoms with Gasteiger partial charge in [-0.15, -0.1) is 0 Å². The summed E-state index contributed by atoms with van der Waals surface area (Å²) in [5.74, 6) is 0.334. The average Bonchev–Trinajstić information content (AvgIpc) is 3.07. The van der Waals surface area contributed by atoms with Crippen LogP contribution in [0.1, 0.15) is 208 Å². The molecule has 0 aromatic heterocycles. The van der Waals surface area contributed by atoms with Crippen LogP contribution in [-0.2, 0) is 34.8 Å². The fourth-order valence-electron chi connectivity index (χ4n) is 4.08. The number of thioether (sulfide) groups is 1. The molecule has 6 radical (unpaired) electrons. The molecule has 0 aliphatic rings. The minimum Gasteiger partial charge on any atom is -0.793 e. The maximum Gasteiger partial charge on any atom is 2.00 e. The number of carbonyl (C=O) groups is 2. The Hall–Kier alpha value is 1.94. The summed E-state index contributed by atoms with van der Waals surface area (Å²) in [6.07, 6.45) is 33.2. The van der Waals surface area contributed by atoms with E-state index in [4.69, 9.17) is 25.3 Å². The van der Waals surface area contributed by atoms with E-state index in [1.54, 1.807) is 0 Å². The van der Waals surface area contributed by atoms with Crippen LogP contribution in [0.15, 0.2) is 0 Å². The van der Waals surface area contributed by atoms with Gasteiger partial charge in [0.2, 0.25) is 0 Å². The van der Waals surface area contributed by atoms with Crippen molar-refractivity contribution in [3.05, 3.63) is 13.8 Å². The quantitative estimate of drug-likeness (QED) is 0.0420. The largest absolute Gasteiger partial charge is 2.00 e. The third-order valence-electron chi connectivity index (χ3n) is 7.18. The van der Waals surface area contributed by atoms with E-state index in [0.717, 1.165) is 24.3 Å². The molecule has 50 heavy (non-hydrogen) atoms. The molecule has 0 aliphatic carbocycles. The van der Waals surface area contributed by atoms with Crippen molar-refractivity contribution >= 4 is 110 Å². The number of aliphatic carboxylic acids is 2. The van der Waals surface area contributed by atoms with E-state index in [-0.39, 0.29) is 67.7 Å². The predicted molar refractivity (Wildman–Crippen MR) is 236 cm³/mol. The molecular formula is C40H82O4S4Sn2. The summed E-state index contributed by atoms with van der Waals surface area (Å²) >= 11 is 11.1. The molecule has 0 fully saturated rings. The molecule has 0 aliphatic heterocycles. The standard InChI is InChI=1S/2C12H26S.C8H14O4S.2C4H9.H2S.2Sn/c2*1-2-3-4-5-6-7-8-9-10-11-12-13;1-2-13-6(8(11)12)4-3-5-7(9)10;2*1-3-4-2;;;/h2*13H,2-12H2,1H3;6H,2-5H2,1H3,(H,9,10)(H,11,12);2*1,3-4H2,2H3;1H2;;/q;;;;;;2*+2/p-4. The molecule has 1 unspecified atom stereocenters. The molecule has 0 saturated heterocycles. The van der Waals surface area contributed by atoms with Gasteiger partial charge in [-0.25, -0.2) is 0 Å². The molecule has 0 saturated carbocycles. The zero-order valence-corrected chi connectivity index (χ0v) is 42.7. The molecule has 0 bridgehead atoms. The number of hydrogen-bond donors (Lipinski definition) is 0. The van der Waals surface area contributed by atoms with Gasteiger partial charge in [0, 0.05) is 11.2 Å². The van der Waals surface area contributed by atoms with Gasteiger partial charge in [-0.05, 0) is 25.0 Å². The SMILES string of the molecule is CCCCCCCCCCCC[S-].CCCCCCCCCCCC[S-].CCSC(CCCC(=O)[O-])C(=O)[O-].S.[CH2]CCC.[CH2]CCC.[Sn+2].[Sn+2]. The smallest absolute Gasteiger partial charge is 0.793 e. The first-order valence-corrected chi connectivity index (χ1v) is 21.7. The van der Waals surface area contributed by atoms with Crippen LogP contribution >= 0.6 is 25.3 Å². The van der Waals surface area contributed by atoms with Crippen LogP contribution < -0.4 is 10.2 Å². The minimum atomic E-state index is -1.14. The predicted octanol–water partition coefficient (Wildman–Crippen LogP) is 10.3. The fourth-order valence-corrected chi connectivity index (χ4v) is 5.36. The molecule has 0 aromatic rings. The summed E-state index contributed by atoms with van der Waals surface area (Å²) in [4.78, 5) is 20.5. The summed E-state index contributed by atoms with van der Waals surface area (Å²) in [6, 6.07) is 0. The molecule has 0 heterocycles. The second-order valence-electron chi connectivity index (χ2n) is 12.0. The average molecular weight is 993 g/mol. The Morgan fingerprint density at radius 3 is 1.02 bits per heavy atom. The second-order valence-corrected chi connectivity index (χ2v) is 14.3. The fraction of sp³-hybridized carbons (Fsp3) is 0.900. The van der Waals surface area contributed by atoms with E-state index >= 15 is 0 Å². The molecule has 0 aromatic carbocycles.